The monoisotopic (exact) mass is 347 g/mol. The fourth-order valence-corrected chi connectivity index (χ4v) is 3.16. The molecule has 0 amide bonds. The van der Waals surface area contributed by atoms with E-state index in [9.17, 15) is 4.79 Å². The lowest BCUT2D eigenvalue weighted by atomic mass is 10.0. The Bertz CT molecular complexity index is 763. The number of aromatic nitrogens is 2. The predicted octanol–water partition coefficient (Wildman–Crippen LogP) is 2.95. The van der Waals surface area contributed by atoms with Crippen LogP contribution in [0.2, 0.25) is 5.02 Å². The molecular formula is C18H22ClN3O2. The number of morpholine rings is 1. The van der Waals surface area contributed by atoms with Crippen molar-refractivity contribution in [2.75, 3.05) is 24.6 Å². The van der Waals surface area contributed by atoms with Crippen LogP contribution in [0.15, 0.2) is 41.3 Å². The molecule has 0 saturated carbocycles. The number of hydrogen-bond acceptors (Lipinski definition) is 4. The normalized spacial score (nSPS) is 21.0. The van der Waals surface area contributed by atoms with Crippen LogP contribution in [-0.2, 0) is 11.3 Å². The lowest BCUT2D eigenvalue weighted by Crippen LogP contribution is -2.50. The first-order chi connectivity index (χ1) is 11.5. The maximum Gasteiger partial charge on any atom is 0.287 e. The molecular weight excluding hydrogens is 326 g/mol. The average Bonchev–Trinajstić information content (AvgIpc) is 2.60. The van der Waals surface area contributed by atoms with Gasteiger partial charge in [-0.25, -0.2) is 4.68 Å². The second-order valence-corrected chi connectivity index (χ2v) is 6.74. The quantitative estimate of drug-likeness (QED) is 0.853. The van der Waals surface area contributed by atoms with E-state index in [0.29, 0.717) is 31.9 Å². The molecule has 24 heavy (non-hydrogen) atoms. The van der Waals surface area contributed by atoms with E-state index in [0.717, 1.165) is 12.0 Å². The highest BCUT2D eigenvalue weighted by molar-refractivity contribution is 6.33. The van der Waals surface area contributed by atoms with Crippen molar-refractivity contribution in [3.63, 3.8) is 0 Å². The molecule has 5 nitrogen and oxygen atoms in total. The number of hydrogen-bond donors (Lipinski definition) is 0. The van der Waals surface area contributed by atoms with E-state index >= 15 is 0 Å². The largest absolute Gasteiger partial charge is 0.372 e. The van der Waals surface area contributed by atoms with Crippen molar-refractivity contribution >= 4 is 17.3 Å². The summed E-state index contributed by atoms with van der Waals surface area (Å²) >= 11 is 6.38. The highest BCUT2D eigenvalue weighted by Crippen LogP contribution is 2.28. The Labute approximate surface area is 146 Å². The lowest BCUT2D eigenvalue weighted by Gasteiger charge is -2.41. The molecule has 1 aromatic carbocycles. The van der Waals surface area contributed by atoms with Gasteiger partial charge in [0, 0.05) is 13.1 Å². The molecule has 0 radical (unpaired) electrons. The van der Waals surface area contributed by atoms with Crippen LogP contribution in [0.25, 0.3) is 0 Å². The van der Waals surface area contributed by atoms with Crippen molar-refractivity contribution in [3.8, 4) is 0 Å². The van der Waals surface area contributed by atoms with Gasteiger partial charge in [-0.15, -0.1) is 0 Å². The summed E-state index contributed by atoms with van der Waals surface area (Å²) in [6.07, 6.45) is 2.59. The number of ether oxygens (including phenoxy) is 1. The molecule has 1 fully saturated rings. The Morgan fingerprint density at radius 1 is 1.33 bits per heavy atom. The number of halogens is 1. The van der Waals surface area contributed by atoms with Crippen LogP contribution in [0, 0.1) is 0 Å². The van der Waals surface area contributed by atoms with Crippen molar-refractivity contribution in [3.05, 3.63) is 57.5 Å². The molecule has 6 heteroatoms. The number of nitrogens with zero attached hydrogens (tertiary/aromatic N) is 3. The fourth-order valence-electron chi connectivity index (χ4n) is 2.90. The molecule has 1 aromatic heterocycles. The van der Waals surface area contributed by atoms with E-state index in [1.54, 1.807) is 6.20 Å². The third kappa shape index (κ3) is 3.47. The van der Waals surface area contributed by atoms with E-state index in [4.69, 9.17) is 16.3 Å². The van der Waals surface area contributed by atoms with Gasteiger partial charge in [0.1, 0.15) is 5.02 Å². The van der Waals surface area contributed by atoms with Gasteiger partial charge in [-0.3, -0.25) is 4.79 Å². The van der Waals surface area contributed by atoms with Crippen LogP contribution >= 0.6 is 11.6 Å². The summed E-state index contributed by atoms with van der Waals surface area (Å²) < 4.78 is 7.25. The predicted molar refractivity (Wildman–Crippen MR) is 95.9 cm³/mol. The third-order valence-corrected chi connectivity index (χ3v) is 4.92. The highest BCUT2D eigenvalue weighted by atomic mass is 35.5. The summed E-state index contributed by atoms with van der Waals surface area (Å²) in [6.45, 7) is 6.62. The van der Waals surface area contributed by atoms with Crippen molar-refractivity contribution in [1.29, 1.82) is 0 Å². The molecule has 128 valence electrons. The minimum atomic E-state index is -0.261. The summed E-state index contributed by atoms with van der Waals surface area (Å²) in [7, 11) is 0. The molecule has 0 N–H and O–H groups in total. The van der Waals surface area contributed by atoms with Crippen molar-refractivity contribution in [1.82, 2.24) is 9.78 Å². The Hall–Kier alpha value is -1.85. The summed E-state index contributed by atoms with van der Waals surface area (Å²) in [5.41, 5.74) is 1.22. The summed E-state index contributed by atoms with van der Waals surface area (Å²) in [5.74, 6) is 0. The van der Waals surface area contributed by atoms with Crippen LogP contribution in [0.1, 0.15) is 25.8 Å². The molecule has 1 unspecified atom stereocenters. The van der Waals surface area contributed by atoms with E-state index in [1.807, 2.05) is 30.3 Å². The summed E-state index contributed by atoms with van der Waals surface area (Å²) in [6, 6.07) is 9.75. The first-order valence-electron chi connectivity index (χ1n) is 8.21. The van der Waals surface area contributed by atoms with Crippen LogP contribution in [-0.4, -0.2) is 35.1 Å². The number of rotatable bonds is 4. The molecule has 0 bridgehead atoms. The Morgan fingerprint density at radius 2 is 2.08 bits per heavy atom. The molecule has 0 aliphatic carbocycles. The lowest BCUT2D eigenvalue weighted by molar-refractivity contribution is -0.0441. The molecule has 0 spiro atoms. The van der Waals surface area contributed by atoms with Crippen LogP contribution in [0.5, 0.6) is 0 Å². The number of anilines is 1. The standard InChI is InChI=1S/C18H22ClN3O2/c1-3-18(2)13-21(9-10-24-18)15-11-20-22(17(23)16(15)19)12-14-7-5-4-6-8-14/h4-8,11H,3,9-10,12-13H2,1-2H3. The van der Waals surface area contributed by atoms with Gasteiger partial charge < -0.3 is 9.64 Å². The van der Waals surface area contributed by atoms with Gasteiger partial charge in [-0.2, -0.15) is 5.10 Å². The van der Waals surface area contributed by atoms with Crippen LogP contribution in [0.3, 0.4) is 0 Å². The fraction of sp³-hybridized carbons (Fsp3) is 0.444. The van der Waals surface area contributed by atoms with Gasteiger partial charge in [0.15, 0.2) is 0 Å². The first-order valence-corrected chi connectivity index (χ1v) is 8.59. The van der Waals surface area contributed by atoms with Gasteiger partial charge in [0.25, 0.3) is 5.56 Å². The third-order valence-electron chi connectivity index (χ3n) is 4.57. The van der Waals surface area contributed by atoms with Crippen LogP contribution in [0.4, 0.5) is 5.69 Å². The van der Waals surface area contributed by atoms with Crippen molar-refractivity contribution in [2.24, 2.45) is 0 Å². The van der Waals surface area contributed by atoms with Crippen LogP contribution < -0.4 is 10.5 Å². The van der Waals surface area contributed by atoms with E-state index < -0.39 is 0 Å². The van der Waals surface area contributed by atoms with Gasteiger partial charge in [-0.1, -0.05) is 48.9 Å². The van der Waals surface area contributed by atoms with Gasteiger partial charge >= 0.3 is 0 Å². The molecule has 2 heterocycles. The van der Waals surface area contributed by atoms with Gasteiger partial charge in [0.05, 0.1) is 30.6 Å². The second kappa shape index (κ2) is 6.95. The number of benzene rings is 1. The summed E-state index contributed by atoms with van der Waals surface area (Å²) in [5, 5.41) is 4.54. The van der Waals surface area contributed by atoms with E-state index in [-0.39, 0.29) is 16.2 Å². The maximum absolute atomic E-state index is 12.6. The molecule has 1 atom stereocenters. The minimum absolute atomic E-state index is 0.222. The summed E-state index contributed by atoms with van der Waals surface area (Å²) in [4.78, 5) is 14.7. The Balaban J connectivity index is 1.86. The molecule has 3 rings (SSSR count). The topological polar surface area (TPSA) is 47.4 Å². The average molecular weight is 348 g/mol. The van der Waals surface area contributed by atoms with Gasteiger partial charge in [0.2, 0.25) is 0 Å². The first kappa shape index (κ1) is 17.0. The smallest absolute Gasteiger partial charge is 0.287 e. The minimum Gasteiger partial charge on any atom is -0.372 e. The molecule has 1 aliphatic heterocycles. The molecule has 1 aliphatic rings. The second-order valence-electron chi connectivity index (χ2n) is 6.37. The van der Waals surface area contributed by atoms with Crippen molar-refractivity contribution < 1.29 is 4.74 Å². The van der Waals surface area contributed by atoms with E-state index in [2.05, 4.69) is 23.8 Å². The highest BCUT2D eigenvalue weighted by Gasteiger charge is 2.31. The van der Waals surface area contributed by atoms with Gasteiger partial charge in [-0.05, 0) is 18.9 Å². The zero-order valence-corrected chi connectivity index (χ0v) is 14.8. The Kier molecular flexibility index (Phi) is 4.92. The van der Waals surface area contributed by atoms with Crippen molar-refractivity contribution in [2.45, 2.75) is 32.4 Å². The van der Waals surface area contributed by atoms with E-state index in [1.165, 1.54) is 4.68 Å². The molecule has 1 saturated heterocycles. The zero-order valence-electron chi connectivity index (χ0n) is 14.0. The Morgan fingerprint density at radius 3 is 2.79 bits per heavy atom. The SMILES string of the molecule is CCC1(C)CN(c2cnn(Cc3ccccc3)c(=O)c2Cl)CCO1. The zero-order chi connectivity index (χ0) is 17.2. The maximum atomic E-state index is 12.6. The molecule has 2 aromatic rings.